The van der Waals surface area contributed by atoms with Gasteiger partial charge in [0.15, 0.2) is 0 Å². The molecule has 7 heteroatoms. The SMILES string of the molecule is CCCNc1nc(Nc2ccc(N3CCN(C)CC3)cc2)ncc1/C=C/C#N. The van der Waals surface area contributed by atoms with Crippen molar-refractivity contribution in [3.05, 3.63) is 42.1 Å². The fourth-order valence-electron chi connectivity index (χ4n) is 3.03. The average Bonchev–Trinajstić information content (AvgIpc) is 2.73. The Balaban J connectivity index is 1.70. The van der Waals surface area contributed by atoms with Gasteiger partial charge in [0.05, 0.1) is 6.07 Å². The van der Waals surface area contributed by atoms with Gasteiger partial charge < -0.3 is 20.4 Å². The largest absolute Gasteiger partial charge is 0.369 e. The number of allylic oxidation sites excluding steroid dienone is 1. The van der Waals surface area contributed by atoms with E-state index in [9.17, 15) is 0 Å². The van der Waals surface area contributed by atoms with Gasteiger partial charge in [-0.15, -0.1) is 0 Å². The molecule has 28 heavy (non-hydrogen) atoms. The highest BCUT2D eigenvalue weighted by molar-refractivity contribution is 5.66. The van der Waals surface area contributed by atoms with Crippen LogP contribution in [0.5, 0.6) is 0 Å². The Morgan fingerprint density at radius 1 is 1.18 bits per heavy atom. The van der Waals surface area contributed by atoms with E-state index in [0.29, 0.717) is 5.95 Å². The maximum absolute atomic E-state index is 8.76. The predicted octanol–water partition coefficient (Wildman–Crippen LogP) is 3.33. The van der Waals surface area contributed by atoms with Crippen LogP contribution in [0.3, 0.4) is 0 Å². The zero-order chi connectivity index (χ0) is 19.8. The van der Waals surface area contributed by atoms with Crippen LogP contribution in [0.25, 0.3) is 6.08 Å². The van der Waals surface area contributed by atoms with E-state index in [1.807, 2.05) is 6.07 Å². The van der Waals surface area contributed by atoms with Gasteiger partial charge in [-0.25, -0.2) is 4.98 Å². The van der Waals surface area contributed by atoms with Crippen LogP contribution in [0.4, 0.5) is 23.1 Å². The van der Waals surface area contributed by atoms with E-state index in [-0.39, 0.29) is 0 Å². The molecule has 1 aromatic heterocycles. The molecule has 0 amide bonds. The summed E-state index contributed by atoms with van der Waals surface area (Å²) < 4.78 is 0. The van der Waals surface area contributed by atoms with Crippen LogP contribution in [0, 0.1) is 11.3 Å². The minimum absolute atomic E-state index is 0.528. The third kappa shape index (κ3) is 5.21. The minimum Gasteiger partial charge on any atom is -0.369 e. The van der Waals surface area contributed by atoms with Gasteiger partial charge in [0.1, 0.15) is 5.82 Å². The second-order valence-electron chi connectivity index (χ2n) is 6.85. The lowest BCUT2D eigenvalue weighted by molar-refractivity contribution is 0.313. The number of benzene rings is 1. The Labute approximate surface area is 166 Å². The molecule has 0 spiro atoms. The molecule has 2 heterocycles. The van der Waals surface area contributed by atoms with E-state index >= 15 is 0 Å². The molecule has 1 aromatic carbocycles. The van der Waals surface area contributed by atoms with Gasteiger partial charge in [0.2, 0.25) is 5.95 Å². The highest BCUT2D eigenvalue weighted by Gasteiger charge is 2.14. The van der Waals surface area contributed by atoms with Crippen LogP contribution in [0.1, 0.15) is 18.9 Å². The van der Waals surface area contributed by atoms with E-state index in [4.69, 9.17) is 5.26 Å². The molecule has 0 saturated carbocycles. The van der Waals surface area contributed by atoms with Gasteiger partial charge in [-0.3, -0.25) is 0 Å². The minimum atomic E-state index is 0.528. The van der Waals surface area contributed by atoms with Gasteiger partial charge in [0.25, 0.3) is 0 Å². The second-order valence-corrected chi connectivity index (χ2v) is 6.85. The fraction of sp³-hybridized carbons (Fsp3) is 0.381. The first kappa shape index (κ1) is 19.6. The predicted molar refractivity (Wildman–Crippen MR) is 115 cm³/mol. The smallest absolute Gasteiger partial charge is 0.229 e. The summed E-state index contributed by atoms with van der Waals surface area (Å²) in [5.41, 5.74) is 2.98. The summed E-state index contributed by atoms with van der Waals surface area (Å²) in [6, 6.07) is 10.4. The molecule has 146 valence electrons. The standard InChI is InChI=1S/C21H27N7/c1-3-11-23-20-17(5-4-10-22)16-24-21(26-20)25-18-6-8-19(9-7-18)28-14-12-27(2)13-15-28/h4-9,16H,3,11-15H2,1-2H3,(H2,23,24,25,26)/b5-4+. The highest BCUT2D eigenvalue weighted by atomic mass is 15.2. The lowest BCUT2D eigenvalue weighted by Crippen LogP contribution is -2.44. The van der Waals surface area contributed by atoms with Gasteiger partial charge in [0, 0.05) is 61.9 Å². The number of hydrogen-bond donors (Lipinski definition) is 2. The van der Waals surface area contributed by atoms with Crippen LogP contribution >= 0.6 is 0 Å². The molecule has 0 radical (unpaired) electrons. The Hall–Kier alpha value is -3.11. The molecule has 1 saturated heterocycles. The zero-order valence-electron chi connectivity index (χ0n) is 16.5. The first-order valence-electron chi connectivity index (χ1n) is 9.67. The van der Waals surface area contributed by atoms with Crippen molar-refractivity contribution in [3.63, 3.8) is 0 Å². The lowest BCUT2D eigenvalue weighted by atomic mass is 10.2. The Morgan fingerprint density at radius 2 is 1.93 bits per heavy atom. The molecule has 3 rings (SSSR count). The van der Waals surface area contributed by atoms with Crippen molar-refractivity contribution in [3.8, 4) is 6.07 Å². The van der Waals surface area contributed by atoms with Gasteiger partial charge >= 0.3 is 0 Å². The molecule has 1 fully saturated rings. The van der Waals surface area contributed by atoms with E-state index < -0.39 is 0 Å². The van der Waals surface area contributed by atoms with Gasteiger partial charge in [-0.1, -0.05) is 6.92 Å². The number of likely N-dealkylation sites (N-methyl/N-ethyl adjacent to an activating group) is 1. The highest BCUT2D eigenvalue weighted by Crippen LogP contribution is 2.22. The van der Waals surface area contributed by atoms with E-state index in [0.717, 1.165) is 56.2 Å². The third-order valence-electron chi connectivity index (χ3n) is 4.69. The molecule has 2 aromatic rings. The van der Waals surface area contributed by atoms with Crippen LogP contribution in [0.15, 0.2) is 36.5 Å². The van der Waals surface area contributed by atoms with E-state index in [2.05, 4.69) is 68.6 Å². The maximum Gasteiger partial charge on any atom is 0.229 e. The van der Waals surface area contributed by atoms with Crippen molar-refractivity contribution in [1.82, 2.24) is 14.9 Å². The third-order valence-corrected chi connectivity index (χ3v) is 4.69. The molecule has 2 N–H and O–H groups in total. The van der Waals surface area contributed by atoms with Crippen molar-refractivity contribution < 1.29 is 0 Å². The molecule has 0 bridgehead atoms. The summed E-state index contributed by atoms with van der Waals surface area (Å²) in [6.45, 7) is 7.19. The zero-order valence-corrected chi connectivity index (χ0v) is 16.5. The number of piperazine rings is 1. The molecule has 7 nitrogen and oxygen atoms in total. The topological polar surface area (TPSA) is 80.1 Å². The van der Waals surface area contributed by atoms with Crippen molar-refractivity contribution in [2.45, 2.75) is 13.3 Å². The lowest BCUT2D eigenvalue weighted by Gasteiger charge is -2.34. The number of rotatable bonds is 7. The monoisotopic (exact) mass is 377 g/mol. The number of nitrogens with zero attached hydrogens (tertiary/aromatic N) is 5. The van der Waals surface area contributed by atoms with Crippen molar-refractivity contribution >= 4 is 29.2 Å². The van der Waals surface area contributed by atoms with Crippen molar-refractivity contribution in [1.29, 1.82) is 5.26 Å². The number of nitriles is 1. The Bertz CT molecular complexity index is 831. The first-order chi connectivity index (χ1) is 13.7. The fourth-order valence-corrected chi connectivity index (χ4v) is 3.03. The van der Waals surface area contributed by atoms with Crippen LogP contribution in [-0.2, 0) is 0 Å². The quantitative estimate of drug-likeness (QED) is 0.716. The summed E-state index contributed by atoms with van der Waals surface area (Å²) in [7, 11) is 2.16. The van der Waals surface area contributed by atoms with Crippen LogP contribution in [0.2, 0.25) is 0 Å². The molecule has 0 aliphatic carbocycles. The number of nitrogens with one attached hydrogen (secondary N) is 2. The molecule has 0 atom stereocenters. The summed E-state index contributed by atoms with van der Waals surface area (Å²) >= 11 is 0. The molecule has 0 unspecified atom stereocenters. The number of aromatic nitrogens is 2. The van der Waals surface area contributed by atoms with Crippen molar-refractivity contribution in [2.75, 3.05) is 55.3 Å². The number of anilines is 4. The van der Waals surface area contributed by atoms with Crippen molar-refractivity contribution in [2.24, 2.45) is 0 Å². The van der Waals surface area contributed by atoms with E-state index in [1.54, 1.807) is 12.3 Å². The van der Waals surface area contributed by atoms with Crippen LogP contribution < -0.4 is 15.5 Å². The summed E-state index contributed by atoms with van der Waals surface area (Å²) in [6.07, 6.45) is 5.86. The first-order valence-corrected chi connectivity index (χ1v) is 9.67. The number of hydrogen-bond acceptors (Lipinski definition) is 7. The molecule has 1 aliphatic rings. The Kier molecular flexibility index (Phi) is 6.82. The maximum atomic E-state index is 8.76. The molecular formula is C21H27N7. The summed E-state index contributed by atoms with van der Waals surface area (Å²) in [5.74, 6) is 1.25. The van der Waals surface area contributed by atoms with Gasteiger partial charge in [-0.2, -0.15) is 10.2 Å². The second kappa shape index (κ2) is 9.72. The van der Waals surface area contributed by atoms with Crippen LogP contribution in [-0.4, -0.2) is 54.6 Å². The Morgan fingerprint density at radius 3 is 2.61 bits per heavy atom. The summed E-state index contributed by atoms with van der Waals surface area (Å²) in [5, 5.41) is 15.3. The van der Waals surface area contributed by atoms with Gasteiger partial charge in [-0.05, 0) is 43.8 Å². The van der Waals surface area contributed by atoms with E-state index in [1.165, 1.54) is 11.8 Å². The summed E-state index contributed by atoms with van der Waals surface area (Å²) in [4.78, 5) is 13.7. The molecule has 1 aliphatic heterocycles. The molecular weight excluding hydrogens is 350 g/mol. The average molecular weight is 377 g/mol. The normalized spacial score (nSPS) is 14.8.